The molecule has 1 amide bonds. The number of nitrogens with one attached hydrogen (secondary N) is 1. The summed E-state index contributed by atoms with van der Waals surface area (Å²) in [5.41, 5.74) is 0.430. The molecule has 0 heterocycles. The second-order valence-electron chi connectivity index (χ2n) is 5.87. The van der Waals surface area contributed by atoms with Gasteiger partial charge in [0, 0.05) is 23.2 Å². The molecule has 7 heteroatoms. The zero-order valence-corrected chi connectivity index (χ0v) is 14.4. The van der Waals surface area contributed by atoms with Crippen LogP contribution in [0.2, 0.25) is 0 Å². The number of amides is 1. The van der Waals surface area contributed by atoms with E-state index in [-0.39, 0.29) is 17.0 Å². The van der Waals surface area contributed by atoms with Crippen molar-refractivity contribution in [2.24, 2.45) is 0 Å². The van der Waals surface area contributed by atoms with E-state index in [4.69, 9.17) is 4.74 Å². The lowest BCUT2D eigenvalue weighted by Crippen LogP contribution is -2.30. The Kier molecular flexibility index (Phi) is 5.12. The fourth-order valence-corrected chi connectivity index (χ4v) is 2.66. The Morgan fingerprint density at radius 3 is 2.63 bits per heavy atom. The molecule has 0 aromatic heterocycles. The lowest BCUT2D eigenvalue weighted by Gasteiger charge is -2.16. The van der Waals surface area contributed by atoms with E-state index >= 15 is 0 Å². The van der Waals surface area contributed by atoms with Crippen LogP contribution < -0.4 is 10.1 Å². The van der Waals surface area contributed by atoms with Crippen LogP contribution in [-0.4, -0.2) is 23.2 Å². The summed E-state index contributed by atoms with van der Waals surface area (Å²) in [4.78, 5) is 33.9. The van der Waals surface area contributed by atoms with Gasteiger partial charge in [-0.25, -0.2) is 0 Å². The predicted molar refractivity (Wildman–Crippen MR) is 101 cm³/mol. The van der Waals surface area contributed by atoms with Gasteiger partial charge in [0.05, 0.1) is 10.5 Å². The number of non-ortho nitro benzene ring substituents is 1. The highest BCUT2D eigenvalue weighted by molar-refractivity contribution is 6.03. The molecule has 0 fully saturated rings. The minimum Gasteiger partial charge on any atom is -0.480 e. The van der Waals surface area contributed by atoms with E-state index in [1.165, 1.54) is 19.1 Å². The maximum absolute atomic E-state index is 12.5. The number of carbonyl (C=O) groups is 2. The van der Waals surface area contributed by atoms with Crippen LogP contribution in [0.4, 0.5) is 11.4 Å². The van der Waals surface area contributed by atoms with Crippen LogP contribution in [0.1, 0.15) is 17.3 Å². The number of fused-ring (bicyclic) bond motifs is 1. The monoisotopic (exact) mass is 364 g/mol. The van der Waals surface area contributed by atoms with Gasteiger partial charge >= 0.3 is 0 Å². The molecule has 7 nitrogen and oxygen atoms in total. The molecule has 1 atom stereocenters. The smallest absolute Gasteiger partial charge is 0.270 e. The minimum atomic E-state index is -0.913. The number of carbonyl (C=O) groups excluding carboxylic acids is 2. The molecule has 0 aliphatic rings. The zero-order valence-electron chi connectivity index (χ0n) is 14.4. The van der Waals surface area contributed by atoms with E-state index in [0.29, 0.717) is 12.0 Å². The van der Waals surface area contributed by atoms with E-state index in [0.717, 1.165) is 16.8 Å². The van der Waals surface area contributed by atoms with Crippen LogP contribution in [0.5, 0.6) is 5.75 Å². The quantitative estimate of drug-likeness (QED) is 0.405. The lowest BCUT2D eigenvalue weighted by atomic mass is 10.1. The van der Waals surface area contributed by atoms with Crippen molar-refractivity contribution in [2.75, 3.05) is 5.32 Å². The molecule has 3 rings (SSSR count). The average molecular weight is 364 g/mol. The van der Waals surface area contributed by atoms with Crippen molar-refractivity contribution in [3.63, 3.8) is 0 Å². The summed E-state index contributed by atoms with van der Waals surface area (Å²) >= 11 is 0. The number of ether oxygens (including phenoxy) is 1. The molecule has 0 bridgehead atoms. The summed E-state index contributed by atoms with van der Waals surface area (Å²) in [5.74, 6) is -0.294. The fourth-order valence-electron chi connectivity index (χ4n) is 2.66. The molecule has 27 heavy (non-hydrogen) atoms. The SMILES string of the molecule is C[C@@H](Oc1ccc([N+](=O)[O-])cc1C=O)C(=O)Nc1cccc2ccccc12. The molecule has 0 radical (unpaired) electrons. The van der Waals surface area contributed by atoms with Crippen molar-refractivity contribution < 1.29 is 19.2 Å². The summed E-state index contributed by atoms with van der Waals surface area (Å²) in [6.45, 7) is 1.54. The van der Waals surface area contributed by atoms with Crippen LogP contribution >= 0.6 is 0 Å². The Morgan fingerprint density at radius 2 is 1.89 bits per heavy atom. The van der Waals surface area contributed by atoms with Gasteiger partial charge in [0.2, 0.25) is 0 Å². The van der Waals surface area contributed by atoms with Crippen molar-refractivity contribution in [1.82, 2.24) is 0 Å². The topological polar surface area (TPSA) is 98.5 Å². The summed E-state index contributed by atoms with van der Waals surface area (Å²) in [7, 11) is 0. The summed E-state index contributed by atoms with van der Waals surface area (Å²) in [6.07, 6.45) is -0.457. The number of nitro groups is 1. The highest BCUT2D eigenvalue weighted by Crippen LogP contribution is 2.25. The summed E-state index contributed by atoms with van der Waals surface area (Å²) in [6, 6.07) is 16.8. The maximum Gasteiger partial charge on any atom is 0.270 e. The number of benzene rings is 3. The Bertz CT molecular complexity index is 1030. The highest BCUT2D eigenvalue weighted by atomic mass is 16.6. The number of anilines is 1. The number of aldehydes is 1. The first kappa shape index (κ1) is 18.1. The molecule has 0 unspecified atom stereocenters. The van der Waals surface area contributed by atoms with E-state index in [9.17, 15) is 19.7 Å². The molecule has 136 valence electrons. The standard InChI is InChI=1S/C20H16N2O5/c1-13(27-19-10-9-16(22(25)26)11-15(19)12-23)20(24)21-18-8-4-6-14-5-2-3-7-17(14)18/h2-13H,1H3,(H,21,24)/t13-/m1/s1. The van der Waals surface area contributed by atoms with Gasteiger partial charge in [0.1, 0.15) is 5.75 Å². The van der Waals surface area contributed by atoms with Gasteiger partial charge in [-0.05, 0) is 24.4 Å². The summed E-state index contributed by atoms with van der Waals surface area (Å²) < 4.78 is 5.55. The number of hydrogen-bond acceptors (Lipinski definition) is 5. The first-order valence-corrected chi connectivity index (χ1v) is 8.18. The molecular formula is C20H16N2O5. The van der Waals surface area contributed by atoms with Crippen LogP contribution in [-0.2, 0) is 4.79 Å². The summed E-state index contributed by atoms with van der Waals surface area (Å²) in [5, 5.41) is 15.5. The third kappa shape index (κ3) is 3.92. The number of rotatable bonds is 6. The molecular weight excluding hydrogens is 348 g/mol. The second-order valence-corrected chi connectivity index (χ2v) is 5.87. The predicted octanol–water partition coefficient (Wildman–Crippen LogP) is 3.97. The Morgan fingerprint density at radius 1 is 1.15 bits per heavy atom. The van der Waals surface area contributed by atoms with Gasteiger partial charge in [-0.2, -0.15) is 0 Å². The first-order chi connectivity index (χ1) is 13.0. The second kappa shape index (κ2) is 7.65. The molecule has 0 aliphatic heterocycles. The molecule has 1 N–H and O–H groups in total. The minimum absolute atomic E-state index is 0.00834. The van der Waals surface area contributed by atoms with Gasteiger partial charge in [0.15, 0.2) is 12.4 Å². The van der Waals surface area contributed by atoms with Crippen LogP contribution in [0.15, 0.2) is 60.7 Å². The van der Waals surface area contributed by atoms with E-state index in [1.54, 1.807) is 6.07 Å². The highest BCUT2D eigenvalue weighted by Gasteiger charge is 2.19. The molecule has 0 saturated heterocycles. The van der Waals surface area contributed by atoms with Gasteiger partial charge in [0.25, 0.3) is 11.6 Å². The van der Waals surface area contributed by atoms with Crippen LogP contribution in [0.3, 0.4) is 0 Å². The van der Waals surface area contributed by atoms with Crippen molar-refractivity contribution in [3.05, 3.63) is 76.3 Å². The third-order valence-electron chi connectivity index (χ3n) is 4.05. The van der Waals surface area contributed by atoms with E-state index in [2.05, 4.69) is 5.32 Å². The Labute approximate surface area is 154 Å². The molecule has 3 aromatic carbocycles. The largest absolute Gasteiger partial charge is 0.480 e. The van der Waals surface area contributed by atoms with Crippen LogP contribution in [0, 0.1) is 10.1 Å². The lowest BCUT2D eigenvalue weighted by molar-refractivity contribution is -0.384. The van der Waals surface area contributed by atoms with Gasteiger partial charge in [-0.1, -0.05) is 36.4 Å². The first-order valence-electron chi connectivity index (χ1n) is 8.18. The molecule has 3 aromatic rings. The molecule has 0 spiro atoms. The fraction of sp³-hybridized carbons (Fsp3) is 0.100. The van der Waals surface area contributed by atoms with Crippen molar-refractivity contribution >= 4 is 34.3 Å². The van der Waals surface area contributed by atoms with Gasteiger partial charge in [-0.3, -0.25) is 19.7 Å². The average Bonchev–Trinajstić information content (AvgIpc) is 2.68. The van der Waals surface area contributed by atoms with Crippen LogP contribution in [0.25, 0.3) is 10.8 Å². The zero-order chi connectivity index (χ0) is 19.4. The number of hydrogen-bond donors (Lipinski definition) is 1. The van der Waals surface area contributed by atoms with Crippen molar-refractivity contribution in [3.8, 4) is 5.75 Å². The number of nitrogens with zero attached hydrogens (tertiary/aromatic N) is 1. The van der Waals surface area contributed by atoms with E-state index in [1.807, 2.05) is 36.4 Å². The number of nitro benzene ring substituents is 1. The Hall–Kier alpha value is -3.74. The van der Waals surface area contributed by atoms with Gasteiger partial charge in [-0.15, -0.1) is 0 Å². The molecule has 0 aliphatic carbocycles. The van der Waals surface area contributed by atoms with Crippen molar-refractivity contribution in [2.45, 2.75) is 13.0 Å². The van der Waals surface area contributed by atoms with Crippen molar-refractivity contribution in [1.29, 1.82) is 0 Å². The van der Waals surface area contributed by atoms with Gasteiger partial charge < -0.3 is 10.1 Å². The normalized spacial score (nSPS) is 11.6. The van der Waals surface area contributed by atoms with E-state index < -0.39 is 16.9 Å². The molecule has 0 saturated carbocycles. The third-order valence-corrected chi connectivity index (χ3v) is 4.05. The Balaban J connectivity index is 1.78. The maximum atomic E-state index is 12.5.